The number of para-hydroxylation sites is 1. The summed E-state index contributed by atoms with van der Waals surface area (Å²) in [5.74, 6) is 0. The van der Waals surface area contributed by atoms with E-state index in [1.807, 2.05) is 0 Å². The van der Waals surface area contributed by atoms with Gasteiger partial charge in [-0.05, 0) is 11.6 Å². The van der Waals surface area contributed by atoms with E-state index < -0.39 is 23.1 Å². The molecule has 0 amide bonds. The molecule has 0 saturated carbocycles. The standard InChI is InChI=1S/C17H13F3N2O2/c18-17(19,20)16(11-22(23)24,12-6-2-1-3-7-12)14-10-21-15-9-5-4-8-13(14)15/h1-10,21H,11H2/t16-/m0/s1. The molecule has 7 heteroatoms. The second kappa shape index (κ2) is 5.67. The fraction of sp³-hybridized carbons (Fsp3) is 0.176. The molecule has 3 rings (SSSR count). The normalized spacial score (nSPS) is 14.5. The molecule has 1 N–H and O–H groups in total. The fourth-order valence-electron chi connectivity index (χ4n) is 3.08. The summed E-state index contributed by atoms with van der Waals surface area (Å²) in [6.07, 6.45) is -3.62. The van der Waals surface area contributed by atoms with E-state index in [1.165, 1.54) is 36.5 Å². The molecule has 0 radical (unpaired) electrons. The minimum absolute atomic E-state index is 0.145. The Morgan fingerprint density at radius 1 is 1.00 bits per heavy atom. The Bertz CT molecular complexity index is 874. The Kier molecular flexibility index (Phi) is 3.79. The van der Waals surface area contributed by atoms with Crippen molar-refractivity contribution in [3.05, 3.63) is 82.0 Å². The van der Waals surface area contributed by atoms with Crippen LogP contribution in [0.15, 0.2) is 60.8 Å². The largest absolute Gasteiger partial charge is 0.408 e. The van der Waals surface area contributed by atoms with Gasteiger partial charge in [-0.1, -0.05) is 48.5 Å². The summed E-state index contributed by atoms with van der Waals surface area (Å²) in [5.41, 5.74) is -2.52. The highest BCUT2D eigenvalue weighted by Crippen LogP contribution is 2.48. The van der Waals surface area contributed by atoms with Gasteiger partial charge in [-0.2, -0.15) is 13.2 Å². The maximum Gasteiger partial charge on any atom is 0.408 e. The Labute approximate surface area is 135 Å². The third kappa shape index (κ3) is 2.42. The van der Waals surface area contributed by atoms with Crippen LogP contribution >= 0.6 is 0 Å². The molecule has 0 aliphatic heterocycles. The molecular weight excluding hydrogens is 321 g/mol. The van der Waals surface area contributed by atoms with Crippen molar-refractivity contribution >= 4 is 10.9 Å². The Morgan fingerprint density at radius 2 is 1.62 bits per heavy atom. The lowest BCUT2D eigenvalue weighted by Gasteiger charge is -2.32. The number of nitrogens with zero attached hydrogens (tertiary/aromatic N) is 1. The number of fused-ring (bicyclic) bond motifs is 1. The molecule has 0 aliphatic carbocycles. The molecule has 0 saturated heterocycles. The van der Waals surface area contributed by atoms with Crippen LogP contribution in [-0.2, 0) is 5.41 Å². The summed E-state index contributed by atoms with van der Waals surface area (Å²) in [7, 11) is 0. The summed E-state index contributed by atoms with van der Waals surface area (Å²) in [5, 5.41) is 11.5. The maximum atomic E-state index is 14.2. The molecule has 0 bridgehead atoms. The smallest absolute Gasteiger partial charge is 0.361 e. The number of aromatic amines is 1. The number of nitrogens with one attached hydrogen (secondary N) is 1. The van der Waals surface area contributed by atoms with Crippen molar-refractivity contribution in [1.29, 1.82) is 0 Å². The molecule has 0 fully saturated rings. The van der Waals surface area contributed by atoms with Crippen molar-refractivity contribution in [2.45, 2.75) is 11.6 Å². The van der Waals surface area contributed by atoms with E-state index in [-0.39, 0.29) is 11.1 Å². The highest BCUT2D eigenvalue weighted by molar-refractivity contribution is 5.85. The van der Waals surface area contributed by atoms with Gasteiger partial charge in [0.15, 0.2) is 5.41 Å². The van der Waals surface area contributed by atoms with Crippen LogP contribution < -0.4 is 0 Å². The van der Waals surface area contributed by atoms with Gasteiger partial charge in [0.2, 0.25) is 6.54 Å². The Balaban J connectivity index is 2.38. The quantitative estimate of drug-likeness (QED) is 0.571. The second-order valence-corrected chi connectivity index (χ2v) is 5.51. The number of rotatable bonds is 4. The van der Waals surface area contributed by atoms with Gasteiger partial charge in [0.1, 0.15) is 0 Å². The number of nitro groups is 1. The Morgan fingerprint density at radius 3 is 2.25 bits per heavy atom. The van der Waals surface area contributed by atoms with Crippen molar-refractivity contribution in [3.63, 3.8) is 0 Å². The zero-order valence-electron chi connectivity index (χ0n) is 12.4. The number of hydrogen-bond donors (Lipinski definition) is 1. The van der Waals surface area contributed by atoms with Gasteiger partial charge in [-0.3, -0.25) is 10.1 Å². The van der Waals surface area contributed by atoms with Crippen LogP contribution in [0.25, 0.3) is 10.9 Å². The lowest BCUT2D eigenvalue weighted by Crippen LogP contribution is -2.48. The number of alkyl halides is 3. The van der Waals surface area contributed by atoms with E-state index in [2.05, 4.69) is 4.98 Å². The first-order chi connectivity index (χ1) is 11.4. The highest BCUT2D eigenvalue weighted by Gasteiger charge is 2.61. The zero-order valence-corrected chi connectivity index (χ0v) is 12.4. The summed E-state index contributed by atoms with van der Waals surface area (Å²) >= 11 is 0. The number of aromatic nitrogens is 1. The predicted octanol–water partition coefficient (Wildman–Crippen LogP) is 4.29. The minimum atomic E-state index is -4.84. The molecule has 1 atom stereocenters. The molecule has 1 aromatic heterocycles. The average Bonchev–Trinajstić information content (AvgIpc) is 2.96. The zero-order chi connectivity index (χ0) is 17.4. The van der Waals surface area contributed by atoms with Crippen molar-refractivity contribution < 1.29 is 18.1 Å². The molecule has 4 nitrogen and oxygen atoms in total. The van der Waals surface area contributed by atoms with Crippen LogP contribution in [0, 0.1) is 10.1 Å². The van der Waals surface area contributed by atoms with E-state index in [0.717, 1.165) is 0 Å². The van der Waals surface area contributed by atoms with E-state index in [1.54, 1.807) is 24.3 Å². The van der Waals surface area contributed by atoms with Gasteiger partial charge in [0.05, 0.1) is 0 Å². The summed E-state index contributed by atoms with van der Waals surface area (Å²) in [6, 6.07) is 13.5. The van der Waals surface area contributed by atoms with Crippen LogP contribution in [0.4, 0.5) is 13.2 Å². The number of H-pyrrole nitrogens is 1. The molecule has 3 aromatic rings. The van der Waals surface area contributed by atoms with Crippen LogP contribution in [0.2, 0.25) is 0 Å². The molecule has 0 aliphatic rings. The van der Waals surface area contributed by atoms with E-state index in [9.17, 15) is 23.3 Å². The number of hydrogen-bond acceptors (Lipinski definition) is 2. The van der Waals surface area contributed by atoms with Gasteiger partial charge in [0.25, 0.3) is 0 Å². The molecule has 0 unspecified atom stereocenters. The van der Waals surface area contributed by atoms with Gasteiger partial charge >= 0.3 is 6.18 Å². The van der Waals surface area contributed by atoms with E-state index >= 15 is 0 Å². The van der Waals surface area contributed by atoms with Crippen LogP contribution in [0.3, 0.4) is 0 Å². The lowest BCUT2D eigenvalue weighted by atomic mass is 9.73. The summed E-state index contributed by atoms with van der Waals surface area (Å²) in [4.78, 5) is 13.0. The van der Waals surface area contributed by atoms with E-state index in [4.69, 9.17) is 0 Å². The fourth-order valence-corrected chi connectivity index (χ4v) is 3.08. The maximum absolute atomic E-state index is 14.2. The highest BCUT2D eigenvalue weighted by atomic mass is 19.4. The topological polar surface area (TPSA) is 58.9 Å². The predicted molar refractivity (Wildman–Crippen MR) is 83.4 cm³/mol. The van der Waals surface area contributed by atoms with Crippen molar-refractivity contribution in [2.75, 3.05) is 6.54 Å². The molecule has 24 heavy (non-hydrogen) atoms. The SMILES string of the molecule is O=[N+]([O-])C[C@](c1ccccc1)(c1c[nH]c2ccccc12)C(F)(F)F. The average molecular weight is 334 g/mol. The lowest BCUT2D eigenvalue weighted by molar-refractivity contribution is -0.498. The molecule has 2 aromatic carbocycles. The summed E-state index contributed by atoms with van der Waals surface area (Å²) in [6.45, 7) is -1.28. The summed E-state index contributed by atoms with van der Waals surface area (Å²) < 4.78 is 42.6. The van der Waals surface area contributed by atoms with Gasteiger partial charge in [-0.15, -0.1) is 0 Å². The molecule has 124 valence electrons. The van der Waals surface area contributed by atoms with Gasteiger partial charge in [0, 0.05) is 27.6 Å². The Hall–Kier alpha value is -2.83. The number of halogens is 3. The van der Waals surface area contributed by atoms with Gasteiger partial charge in [-0.25, -0.2) is 0 Å². The second-order valence-electron chi connectivity index (χ2n) is 5.51. The van der Waals surface area contributed by atoms with Gasteiger partial charge < -0.3 is 4.98 Å². The monoisotopic (exact) mass is 334 g/mol. The molecule has 1 heterocycles. The molecular formula is C17H13F3N2O2. The van der Waals surface area contributed by atoms with Crippen LogP contribution in [0.5, 0.6) is 0 Å². The number of benzene rings is 2. The van der Waals surface area contributed by atoms with Crippen molar-refractivity contribution in [3.8, 4) is 0 Å². The van der Waals surface area contributed by atoms with Crippen molar-refractivity contribution in [1.82, 2.24) is 4.98 Å². The van der Waals surface area contributed by atoms with Crippen LogP contribution in [0.1, 0.15) is 11.1 Å². The van der Waals surface area contributed by atoms with Crippen molar-refractivity contribution in [2.24, 2.45) is 0 Å². The van der Waals surface area contributed by atoms with Crippen LogP contribution in [-0.4, -0.2) is 22.6 Å². The third-order valence-electron chi connectivity index (χ3n) is 4.17. The first-order valence-electron chi connectivity index (χ1n) is 7.17. The van der Waals surface area contributed by atoms with E-state index in [0.29, 0.717) is 10.9 Å². The molecule has 0 spiro atoms. The first-order valence-corrected chi connectivity index (χ1v) is 7.17. The minimum Gasteiger partial charge on any atom is -0.361 e. The third-order valence-corrected chi connectivity index (χ3v) is 4.17. The first kappa shape index (κ1) is 16.0.